The van der Waals surface area contributed by atoms with Crippen LogP contribution in [0.2, 0.25) is 0 Å². The molecule has 3 nitrogen and oxygen atoms in total. The highest BCUT2D eigenvalue weighted by Gasteiger charge is 2.04. The van der Waals surface area contributed by atoms with Crippen LogP contribution < -0.4 is 5.73 Å². The summed E-state index contributed by atoms with van der Waals surface area (Å²) in [6.07, 6.45) is 1.68. The topological polar surface area (TPSA) is 62.9 Å². The first kappa shape index (κ1) is 10.2. The van der Waals surface area contributed by atoms with Crippen LogP contribution in [0.5, 0.6) is 0 Å². The van der Waals surface area contributed by atoms with Gasteiger partial charge in [0.2, 0.25) is 0 Å². The van der Waals surface area contributed by atoms with Gasteiger partial charge in [-0.1, -0.05) is 0 Å². The summed E-state index contributed by atoms with van der Waals surface area (Å²) in [5, 5.41) is 8.43. The second-order valence-corrected chi connectivity index (χ2v) is 3.81. The third kappa shape index (κ3) is 3.13. The highest BCUT2D eigenvalue weighted by Crippen LogP contribution is 2.16. The molecule has 1 rings (SSSR count). The van der Waals surface area contributed by atoms with Gasteiger partial charge in [0.25, 0.3) is 0 Å². The van der Waals surface area contributed by atoms with Crippen molar-refractivity contribution in [3.05, 3.63) is 23.7 Å². The molecule has 4 heteroatoms. The van der Waals surface area contributed by atoms with Crippen LogP contribution in [0.15, 0.2) is 16.7 Å². The Morgan fingerprint density at radius 1 is 1.77 bits per heavy atom. The summed E-state index contributed by atoms with van der Waals surface area (Å²) in [4.78, 5) is 0. The lowest BCUT2D eigenvalue weighted by atomic mass is 10.3. The van der Waals surface area contributed by atoms with Gasteiger partial charge in [0.1, 0.15) is 11.8 Å². The molecule has 1 aromatic rings. The third-order valence-electron chi connectivity index (χ3n) is 1.66. The van der Waals surface area contributed by atoms with Crippen LogP contribution in [-0.2, 0) is 5.75 Å². The maximum atomic E-state index is 8.43. The zero-order valence-corrected chi connectivity index (χ0v) is 8.30. The van der Waals surface area contributed by atoms with Crippen LogP contribution >= 0.6 is 11.8 Å². The molecule has 0 fully saturated rings. The average Bonchev–Trinajstić information content (AvgIpc) is 2.52. The average molecular weight is 196 g/mol. The molecule has 0 amide bonds. The first-order chi connectivity index (χ1) is 6.24. The van der Waals surface area contributed by atoms with Gasteiger partial charge in [-0.05, 0) is 18.6 Å². The molecule has 1 aromatic heterocycles. The van der Waals surface area contributed by atoms with Crippen molar-refractivity contribution in [3.8, 4) is 6.07 Å². The Morgan fingerprint density at radius 2 is 2.54 bits per heavy atom. The second kappa shape index (κ2) is 4.95. The van der Waals surface area contributed by atoms with Crippen LogP contribution in [0, 0.1) is 18.3 Å². The molecule has 2 N–H and O–H groups in total. The zero-order valence-electron chi connectivity index (χ0n) is 7.49. The first-order valence-electron chi connectivity index (χ1n) is 4.00. The fraction of sp³-hybridized carbons (Fsp3) is 0.444. The Bertz CT molecular complexity index is 303. The normalized spacial score (nSPS) is 12.4. The van der Waals surface area contributed by atoms with Gasteiger partial charge < -0.3 is 10.2 Å². The summed E-state index contributed by atoms with van der Waals surface area (Å²) in [5.41, 5.74) is 6.59. The van der Waals surface area contributed by atoms with Gasteiger partial charge >= 0.3 is 0 Å². The van der Waals surface area contributed by atoms with E-state index in [0.717, 1.165) is 17.1 Å². The molecule has 0 spiro atoms. The molecule has 0 aromatic carbocycles. The number of hydrogen-bond acceptors (Lipinski definition) is 4. The molecular weight excluding hydrogens is 184 g/mol. The molecule has 1 unspecified atom stereocenters. The van der Waals surface area contributed by atoms with Gasteiger partial charge in [-0.15, -0.1) is 0 Å². The SMILES string of the molecule is Cc1ccoc1CSCC(N)C#N. The van der Waals surface area contributed by atoms with E-state index in [0.29, 0.717) is 5.75 Å². The summed E-state index contributed by atoms with van der Waals surface area (Å²) in [6.45, 7) is 2.00. The van der Waals surface area contributed by atoms with Crippen molar-refractivity contribution in [2.24, 2.45) is 5.73 Å². The largest absolute Gasteiger partial charge is 0.468 e. The van der Waals surface area contributed by atoms with Gasteiger partial charge in [-0.3, -0.25) is 0 Å². The first-order valence-corrected chi connectivity index (χ1v) is 5.15. The van der Waals surface area contributed by atoms with Gasteiger partial charge in [-0.25, -0.2) is 0 Å². The molecular formula is C9H12N2OS. The highest BCUT2D eigenvalue weighted by molar-refractivity contribution is 7.98. The summed E-state index contributed by atoms with van der Waals surface area (Å²) in [6, 6.07) is 3.54. The predicted octanol–water partition coefficient (Wildman–Crippen LogP) is 1.67. The lowest BCUT2D eigenvalue weighted by molar-refractivity contribution is 0.528. The predicted molar refractivity (Wildman–Crippen MR) is 53.2 cm³/mol. The molecule has 0 saturated heterocycles. The van der Waals surface area contributed by atoms with Gasteiger partial charge in [-0.2, -0.15) is 17.0 Å². The Morgan fingerprint density at radius 3 is 3.08 bits per heavy atom. The summed E-state index contributed by atoms with van der Waals surface area (Å²) < 4.78 is 5.24. The summed E-state index contributed by atoms with van der Waals surface area (Å²) >= 11 is 1.62. The van der Waals surface area contributed by atoms with Crippen molar-refractivity contribution in [2.45, 2.75) is 18.7 Å². The quantitative estimate of drug-likeness (QED) is 0.795. The van der Waals surface area contributed by atoms with E-state index in [2.05, 4.69) is 0 Å². The number of aryl methyl sites for hydroxylation is 1. The number of rotatable bonds is 4. The maximum absolute atomic E-state index is 8.43. The molecule has 0 radical (unpaired) electrons. The summed E-state index contributed by atoms with van der Waals surface area (Å²) in [5.74, 6) is 2.40. The summed E-state index contributed by atoms with van der Waals surface area (Å²) in [7, 11) is 0. The Labute approximate surface area is 81.9 Å². The zero-order chi connectivity index (χ0) is 9.68. The fourth-order valence-corrected chi connectivity index (χ4v) is 1.80. The molecule has 1 atom stereocenters. The van der Waals surface area contributed by atoms with Crippen LogP contribution in [0.25, 0.3) is 0 Å². The van der Waals surface area contributed by atoms with E-state index in [9.17, 15) is 0 Å². The lowest BCUT2D eigenvalue weighted by Gasteiger charge is -2.01. The van der Waals surface area contributed by atoms with Crippen molar-refractivity contribution in [2.75, 3.05) is 5.75 Å². The third-order valence-corrected chi connectivity index (χ3v) is 2.73. The number of nitrogens with two attached hydrogens (primary N) is 1. The van der Waals surface area contributed by atoms with E-state index in [1.807, 2.05) is 19.1 Å². The molecule has 0 aliphatic rings. The Balaban J connectivity index is 2.29. The molecule has 0 aliphatic carbocycles. The number of furan rings is 1. The van der Waals surface area contributed by atoms with Crippen LogP contribution in [0.3, 0.4) is 0 Å². The van der Waals surface area contributed by atoms with Gasteiger partial charge in [0, 0.05) is 5.75 Å². The smallest absolute Gasteiger partial charge is 0.116 e. The number of nitrogens with zero attached hydrogens (tertiary/aromatic N) is 1. The minimum atomic E-state index is -0.375. The van der Waals surface area contributed by atoms with Crippen molar-refractivity contribution >= 4 is 11.8 Å². The number of thioether (sulfide) groups is 1. The molecule has 0 aliphatic heterocycles. The highest BCUT2D eigenvalue weighted by atomic mass is 32.2. The minimum absolute atomic E-state index is 0.375. The van der Waals surface area contributed by atoms with E-state index < -0.39 is 0 Å². The van der Waals surface area contributed by atoms with Crippen molar-refractivity contribution in [1.82, 2.24) is 0 Å². The second-order valence-electron chi connectivity index (χ2n) is 2.78. The van der Waals surface area contributed by atoms with E-state index in [4.69, 9.17) is 15.4 Å². The van der Waals surface area contributed by atoms with Crippen molar-refractivity contribution in [3.63, 3.8) is 0 Å². The molecule has 13 heavy (non-hydrogen) atoms. The van der Waals surface area contributed by atoms with E-state index in [1.54, 1.807) is 18.0 Å². The van der Waals surface area contributed by atoms with Crippen LogP contribution in [0.1, 0.15) is 11.3 Å². The standard InChI is InChI=1S/C9H12N2OS/c1-7-2-3-12-9(7)6-13-5-8(11)4-10/h2-3,8H,5-6,11H2,1H3. The van der Waals surface area contributed by atoms with E-state index in [1.165, 1.54) is 0 Å². The molecule has 1 heterocycles. The minimum Gasteiger partial charge on any atom is -0.468 e. The van der Waals surface area contributed by atoms with E-state index in [-0.39, 0.29) is 6.04 Å². The van der Waals surface area contributed by atoms with E-state index >= 15 is 0 Å². The molecule has 0 saturated carbocycles. The van der Waals surface area contributed by atoms with Crippen LogP contribution in [0.4, 0.5) is 0 Å². The van der Waals surface area contributed by atoms with Gasteiger partial charge in [0.15, 0.2) is 0 Å². The van der Waals surface area contributed by atoms with Crippen molar-refractivity contribution < 1.29 is 4.42 Å². The Kier molecular flexibility index (Phi) is 3.87. The fourth-order valence-electron chi connectivity index (χ4n) is 0.868. The lowest BCUT2D eigenvalue weighted by Crippen LogP contribution is -2.19. The van der Waals surface area contributed by atoms with Gasteiger partial charge in [0.05, 0.1) is 18.1 Å². The number of nitriles is 1. The monoisotopic (exact) mass is 196 g/mol. The van der Waals surface area contributed by atoms with Crippen LogP contribution in [-0.4, -0.2) is 11.8 Å². The molecule has 70 valence electrons. The number of hydrogen-bond donors (Lipinski definition) is 1. The molecule has 0 bridgehead atoms. The Hall–Kier alpha value is -0.920. The maximum Gasteiger partial charge on any atom is 0.116 e. The van der Waals surface area contributed by atoms with Crippen molar-refractivity contribution in [1.29, 1.82) is 5.26 Å².